The zero-order chi connectivity index (χ0) is 12.3. The SMILES string of the molecule is CN(CCC1CCCC1=O)CC(=O)NC1CC1. The summed E-state index contributed by atoms with van der Waals surface area (Å²) in [5.41, 5.74) is 0. The Labute approximate surface area is 103 Å². The van der Waals surface area contributed by atoms with Gasteiger partial charge in [0.1, 0.15) is 5.78 Å². The van der Waals surface area contributed by atoms with Gasteiger partial charge in [-0.3, -0.25) is 14.5 Å². The molecule has 0 heterocycles. The van der Waals surface area contributed by atoms with Gasteiger partial charge in [0, 0.05) is 18.4 Å². The number of carbonyl (C=O) groups is 2. The van der Waals surface area contributed by atoms with Gasteiger partial charge in [-0.05, 0) is 45.7 Å². The number of hydrogen-bond acceptors (Lipinski definition) is 3. The third-order valence-electron chi connectivity index (χ3n) is 3.65. The fourth-order valence-electron chi connectivity index (χ4n) is 2.39. The van der Waals surface area contributed by atoms with Gasteiger partial charge in [0.25, 0.3) is 0 Å². The van der Waals surface area contributed by atoms with Gasteiger partial charge in [0.05, 0.1) is 6.54 Å². The second kappa shape index (κ2) is 5.63. The van der Waals surface area contributed by atoms with Crippen molar-refractivity contribution in [3.63, 3.8) is 0 Å². The molecule has 1 atom stereocenters. The molecule has 1 amide bonds. The minimum absolute atomic E-state index is 0.118. The van der Waals surface area contributed by atoms with Gasteiger partial charge in [0.2, 0.25) is 5.91 Å². The van der Waals surface area contributed by atoms with Crippen molar-refractivity contribution in [1.82, 2.24) is 10.2 Å². The fraction of sp³-hybridized carbons (Fsp3) is 0.846. The highest BCUT2D eigenvalue weighted by Crippen LogP contribution is 2.24. The summed E-state index contributed by atoms with van der Waals surface area (Å²) in [6.45, 7) is 1.30. The number of carbonyl (C=O) groups excluding carboxylic acids is 2. The van der Waals surface area contributed by atoms with Crippen LogP contribution in [-0.2, 0) is 9.59 Å². The fourth-order valence-corrected chi connectivity index (χ4v) is 2.39. The summed E-state index contributed by atoms with van der Waals surface area (Å²) in [5, 5.41) is 2.97. The van der Waals surface area contributed by atoms with Crippen LogP contribution in [0.15, 0.2) is 0 Å². The van der Waals surface area contributed by atoms with E-state index in [9.17, 15) is 9.59 Å². The van der Waals surface area contributed by atoms with E-state index in [-0.39, 0.29) is 11.8 Å². The van der Waals surface area contributed by atoms with E-state index >= 15 is 0 Å². The predicted octanol–water partition coefficient (Wildman–Crippen LogP) is 0.956. The van der Waals surface area contributed by atoms with Gasteiger partial charge >= 0.3 is 0 Å². The first-order valence-electron chi connectivity index (χ1n) is 6.66. The molecule has 0 radical (unpaired) electrons. The van der Waals surface area contributed by atoms with Crippen molar-refractivity contribution < 1.29 is 9.59 Å². The molecule has 1 N–H and O–H groups in total. The minimum Gasteiger partial charge on any atom is -0.352 e. The molecule has 0 aromatic heterocycles. The number of amides is 1. The van der Waals surface area contributed by atoms with Crippen LogP contribution in [0.1, 0.15) is 38.5 Å². The molecule has 1 unspecified atom stereocenters. The second-order valence-corrected chi connectivity index (χ2v) is 5.42. The molecule has 96 valence electrons. The first kappa shape index (κ1) is 12.6. The molecular formula is C13H22N2O2. The molecule has 0 bridgehead atoms. The van der Waals surface area contributed by atoms with E-state index in [2.05, 4.69) is 5.32 Å². The van der Waals surface area contributed by atoms with Crippen molar-refractivity contribution in [3.05, 3.63) is 0 Å². The summed E-state index contributed by atoms with van der Waals surface area (Å²) < 4.78 is 0. The quantitative estimate of drug-likeness (QED) is 0.749. The van der Waals surface area contributed by atoms with Crippen molar-refractivity contribution in [2.24, 2.45) is 5.92 Å². The third kappa shape index (κ3) is 4.11. The molecule has 0 aliphatic heterocycles. The first-order chi connectivity index (χ1) is 8.15. The highest BCUT2D eigenvalue weighted by molar-refractivity contribution is 5.82. The molecule has 4 nitrogen and oxygen atoms in total. The van der Waals surface area contributed by atoms with Crippen molar-refractivity contribution in [2.75, 3.05) is 20.1 Å². The minimum atomic E-state index is 0.118. The topological polar surface area (TPSA) is 49.4 Å². The monoisotopic (exact) mass is 238 g/mol. The number of Topliss-reactive ketones (excluding diaryl/α,β-unsaturated/α-hetero) is 1. The molecule has 0 aromatic carbocycles. The van der Waals surface area contributed by atoms with Gasteiger partial charge in [-0.2, -0.15) is 0 Å². The normalized spacial score (nSPS) is 24.4. The lowest BCUT2D eigenvalue weighted by Crippen LogP contribution is -2.37. The number of nitrogens with zero attached hydrogens (tertiary/aromatic N) is 1. The van der Waals surface area contributed by atoms with Crippen molar-refractivity contribution in [2.45, 2.75) is 44.6 Å². The Hall–Kier alpha value is -0.900. The maximum absolute atomic E-state index is 11.5. The number of likely N-dealkylation sites (N-methyl/N-ethyl adjacent to an activating group) is 1. The summed E-state index contributed by atoms with van der Waals surface area (Å²) in [4.78, 5) is 25.0. The lowest BCUT2D eigenvalue weighted by atomic mass is 10.0. The van der Waals surface area contributed by atoms with Crippen molar-refractivity contribution in [1.29, 1.82) is 0 Å². The van der Waals surface area contributed by atoms with Gasteiger partial charge in [-0.15, -0.1) is 0 Å². The van der Waals surface area contributed by atoms with E-state index < -0.39 is 0 Å². The number of nitrogens with one attached hydrogen (secondary N) is 1. The average molecular weight is 238 g/mol. The van der Waals surface area contributed by atoms with Crippen molar-refractivity contribution in [3.8, 4) is 0 Å². The highest BCUT2D eigenvalue weighted by atomic mass is 16.2. The molecule has 2 rings (SSSR count). The Balaban J connectivity index is 1.60. The molecule has 17 heavy (non-hydrogen) atoms. The third-order valence-corrected chi connectivity index (χ3v) is 3.65. The van der Waals surface area contributed by atoms with Gasteiger partial charge in [0.15, 0.2) is 0 Å². The predicted molar refractivity (Wildman–Crippen MR) is 65.6 cm³/mol. The van der Waals surface area contributed by atoms with E-state index in [0.29, 0.717) is 18.4 Å². The first-order valence-corrected chi connectivity index (χ1v) is 6.66. The van der Waals surface area contributed by atoms with Gasteiger partial charge in [-0.1, -0.05) is 0 Å². The maximum atomic E-state index is 11.5. The van der Waals surface area contributed by atoms with Crippen LogP contribution in [-0.4, -0.2) is 42.8 Å². The maximum Gasteiger partial charge on any atom is 0.234 e. The Kier molecular flexibility index (Phi) is 4.15. The van der Waals surface area contributed by atoms with Gasteiger partial charge in [-0.25, -0.2) is 0 Å². The van der Waals surface area contributed by atoms with E-state index in [0.717, 1.165) is 45.1 Å². The summed E-state index contributed by atoms with van der Waals surface area (Å²) in [6.07, 6.45) is 6.02. The highest BCUT2D eigenvalue weighted by Gasteiger charge is 2.25. The number of hydrogen-bond donors (Lipinski definition) is 1. The smallest absolute Gasteiger partial charge is 0.234 e. The zero-order valence-corrected chi connectivity index (χ0v) is 10.6. The van der Waals surface area contributed by atoms with Crippen LogP contribution in [0.2, 0.25) is 0 Å². The second-order valence-electron chi connectivity index (χ2n) is 5.42. The van der Waals surface area contributed by atoms with E-state index in [4.69, 9.17) is 0 Å². The Bertz CT molecular complexity index is 300. The van der Waals surface area contributed by atoms with Crippen LogP contribution in [0.5, 0.6) is 0 Å². The molecule has 4 heteroatoms. The Morgan fingerprint density at radius 1 is 1.41 bits per heavy atom. The molecular weight excluding hydrogens is 216 g/mol. The molecule has 2 saturated carbocycles. The van der Waals surface area contributed by atoms with Crippen molar-refractivity contribution >= 4 is 11.7 Å². The van der Waals surface area contributed by atoms with Crippen LogP contribution in [0.25, 0.3) is 0 Å². The van der Waals surface area contributed by atoms with Crippen LogP contribution < -0.4 is 5.32 Å². The number of rotatable bonds is 6. The summed E-state index contributed by atoms with van der Waals surface area (Å²) >= 11 is 0. The summed E-state index contributed by atoms with van der Waals surface area (Å²) in [7, 11) is 1.95. The molecule has 0 saturated heterocycles. The van der Waals surface area contributed by atoms with Crippen LogP contribution in [0.3, 0.4) is 0 Å². The molecule has 2 fully saturated rings. The van der Waals surface area contributed by atoms with Gasteiger partial charge < -0.3 is 5.32 Å². The molecule has 2 aliphatic rings. The standard InChI is InChI=1S/C13H22N2O2/c1-15(9-13(17)14-11-5-6-11)8-7-10-3-2-4-12(10)16/h10-11H,2-9H2,1H3,(H,14,17). The zero-order valence-electron chi connectivity index (χ0n) is 10.6. The van der Waals surface area contributed by atoms with E-state index in [1.165, 1.54) is 0 Å². The molecule has 0 spiro atoms. The lowest BCUT2D eigenvalue weighted by molar-refractivity contribution is -0.122. The van der Waals surface area contributed by atoms with E-state index in [1.54, 1.807) is 0 Å². The Morgan fingerprint density at radius 3 is 2.76 bits per heavy atom. The molecule has 2 aliphatic carbocycles. The van der Waals surface area contributed by atoms with Crippen LogP contribution >= 0.6 is 0 Å². The number of ketones is 1. The summed E-state index contributed by atoms with van der Waals surface area (Å²) in [6, 6.07) is 0.437. The Morgan fingerprint density at radius 2 is 2.18 bits per heavy atom. The lowest BCUT2D eigenvalue weighted by Gasteiger charge is -2.17. The summed E-state index contributed by atoms with van der Waals surface area (Å²) in [5.74, 6) is 0.789. The van der Waals surface area contributed by atoms with E-state index in [1.807, 2.05) is 11.9 Å². The van der Waals surface area contributed by atoms with Crippen LogP contribution in [0.4, 0.5) is 0 Å². The largest absolute Gasteiger partial charge is 0.352 e. The van der Waals surface area contributed by atoms with Crippen LogP contribution in [0, 0.1) is 5.92 Å². The molecule has 0 aromatic rings. The average Bonchev–Trinajstić information content (AvgIpc) is 2.97.